The molecule has 0 aliphatic carbocycles. The van der Waals surface area contributed by atoms with Gasteiger partial charge in [0.05, 0.1) is 6.54 Å². The van der Waals surface area contributed by atoms with Crippen molar-refractivity contribution in [2.45, 2.75) is 49.9 Å². The van der Waals surface area contributed by atoms with Crippen LogP contribution in [0.3, 0.4) is 0 Å². The zero-order valence-corrected chi connectivity index (χ0v) is 26.7. The number of rotatable bonds is 8. The first-order valence-corrected chi connectivity index (χ1v) is 16.1. The molecule has 4 aromatic carbocycles. The Morgan fingerprint density at radius 1 is 0.429 bits per heavy atom. The van der Waals surface area contributed by atoms with E-state index in [1.165, 1.54) is 24.3 Å². The Labute approximate surface area is 283 Å². The van der Waals surface area contributed by atoms with Crippen LogP contribution in [0, 0.1) is 5.82 Å². The van der Waals surface area contributed by atoms with Crippen LogP contribution in [0.25, 0.3) is 0 Å². The lowest BCUT2D eigenvalue weighted by molar-refractivity contribution is -0.133. The van der Waals surface area contributed by atoms with E-state index in [-0.39, 0.29) is 25.7 Å². The molecule has 1 aliphatic heterocycles. The standard InChI is InChI=1S/C38H38FN5O5/c39-29-18-16-28(17-19-29)23-30-35(46)40-24-34(45)41-31(20-25-10-4-1-5-11-25)36(47)43-33(22-27-14-8-3-9-15-27)38(49)44-32(37(48)42-30)21-26-12-6-2-7-13-26/h1-19,30-33H,20-24H2,(H,40,46)(H,41,45)(H,42,48)(H,43,47)(H,44,49). The predicted molar refractivity (Wildman–Crippen MR) is 181 cm³/mol. The van der Waals surface area contributed by atoms with Crippen LogP contribution in [-0.4, -0.2) is 60.2 Å². The van der Waals surface area contributed by atoms with Gasteiger partial charge in [-0.05, 0) is 34.4 Å². The quantitative estimate of drug-likeness (QED) is 0.196. The van der Waals surface area contributed by atoms with Gasteiger partial charge in [0.1, 0.15) is 30.0 Å². The van der Waals surface area contributed by atoms with Gasteiger partial charge in [0.15, 0.2) is 0 Å². The van der Waals surface area contributed by atoms with E-state index in [0.717, 1.165) is 16.7 Å². The van der Waals surface area contributed by atoms with E-state index in [4.69, 9.17) is 0 Å². The third-order valence-corrected chi connectivity index (χ3v) is 8.17. The zero-order valence-electron chi connectivity index (χ0n) is 26.7. The lowest BCUT2D eigenvalue weighted by Crippen LogP contribution is -2.59. The summed E-state index contributed by atoms with van der Waals surface area (Å²) >= 11 is 0. The molecule has 4 atom stereocenters. The molecule has 1 fully saturated rings. The van der Waals surface area contributed by atoms with Crippen molar-refractivity contribution < 1.29 is 28.4 Å². The van der Waals surface area contributed by atoms with Gasteiger partial charge in [0, 0.05) is 25.7 Å². The van der Waals surface area contributed by atoms with Crippen molar-refractivity contribution in [1.29, 1.82) is 0 Å². The molecule has 4 unspecified atom stereocenters. The highest BCUT2D eigenvalue weighted by molar-refractivity contribution is 5.97. The van der Waals surface area contributed by atoms with E-state index in [0.29, 0.717) is 5.56 Å². The second-order valence-electron chi connectivity index (χ2n) is 11.9. The largest absolute Gasteiger partial charge is 0.345 e. The van der Waals surface area contributed by atoms with Crippen LogP contribution in [0.1, 0.15) is 22.3 Å². The lowest BCUT2D eigenvalue weighted by Gasteiger charge is -2.26. The van der Waals surface area contributed by atoms with Crippen molar-refractivity contribution in [3.05, 3.63) is 143 Å². The predicted octanol–water partition coefficient (Wildman–Crippen LogP) is 2.17. The number of hydrogen-bond donors (Lipinski definition) is 5. The summed E-state index contributed by atoms with van der Waals surface area (Å²) in [6, 6.07) is 28.2. The number of amides is 5. The van der Waals surface area contributed by atoms with Crippen molar-refractivity contribution in [2.24, 2.45) is 0 Å². The van der Waals surface area contributed by atoms with Gasteiger partial charge in [0.2, 0.25) is 29.5 Å². The summed E-state index contributed by atoms with van der Waals surface area (Å²) < 4.78 is 13.7. The fourth-order valence-electron chi connectivity index (χ4n) is 5.60. The number of carbonyl (C=O) groups excluding carboxylic acids is 5. The molecule has 0 saturated carbocycles. The molecule has 0 radical (unpaired) electrons. The second kappa shape index (κ2) is 16.8. The fraction of sp³-hybridized carbons (Fsp3) is 0.237. The number of carbonyl (C=O) groups is 5. The van der Waals surface area contributed by atoms with Gasteiger partial charge in [-0.25, -0.2) is 4.39 Å². The minimum atomic E-state index is -1.17. The van der Waals surface area contributed by atoms with Crippen LogP contribution < -0.4 is 26.6 Å². The van der Waals surface area contributed by atoms with Crippen LogP contribution in [0.15, 0.2) is 115 Å². The summed E-state index contributed by atoms with van der Waals surface area (Å²) in [6.07, 6.45) is 0.304. The molecule has 1 aliphatic rings. The molecule has 5 N–H and O–H groups in total. The van der Waals surface area contributed by atoms with Crippen molar-refractivity contribution in [3.63, 3.8) is 0 Å². The van der Waals surface area contributed by atoms with E-state index < -0.39 is 66.1 Å². The van der Waals surface area contributed by atoms with Crippen LogP contribution in [0.4, 0.5) is 4.39 Å². The van der Waals surface area contributed by atoms with Crippen LogP contribution in [0.5, 0.6) is 0 Å². The van der Waals surface area contributed by atoms with E-state index >= 15 is 0 Å². The van der Waals surface area contributed by atoms with Gasteiger partial charge >= 0.3 is 0 Å². The summed E-state index contributed by atoms with van der Waals surface area (Å²) in [7, 11) is 0. The number of nitrogens with one attached hydrogen (secondary N) is 5. The molecule has 5 amide bonds. The van der Waals surface area contributed by atoms with E-state index in [1.54, 1.807) is 0 Å². The van der Waals surface area contributed by atoms with Crippen molar-refractivity contribution >= 4 is 29.5 Å². The van der Waals surface area contributed by atoms with E-state index in [9.17, 15) is 28.4 Å². The summed E-state index contributed by atoms with van der Waals surface area (Å²) in [4.78, 5) is 68.4. The van der Waals surface area contributed by atoms with Gasteiger partial charge in [-0.1, -0.05) is 103 Å². The average molecular weight is 664 g/mol. The Balaban J connectivity index is 1.50. The minimum absolute atomic E-state index is 0.0151. The van der Waals surface area contributed by atoms with E-state index in [2.05, 4.69) is 26.6 Å². The first-order valence-electron chi connectivity index (χ1n) is 16.1. The minimum Gasteiger partial charge on any atom is -0.345 e. The molecule has 4 aromatic rings. The lowest BCUT2D eigenvalue weighted by atomic mass is 10.0. The Hall–Kier alpha value is -5.84. The zero-order chi connectivity index (χ0) is 34.6. The fourth-order valence-corrected chi connectivity index (χ4v) is 5.60. The summed E-state index contributed by atoms with van der Waals surface area (Å²) in [5, 5.41) is 13.6. The molecular formula is C38H38FN5O5. The van der Waals surface area contributed by atoms with Crippen molar-refractivity contribution in [1.82, 2.24) is 26.6 Å². The smallest absolute Gasteiger partial charge is 0.243 e. The molecular weight excluding hydrogens is 625 g/mol. The maximum atomic E-state index is 14.0. The first kappa shape index (κ1) is 34.5. The van der Waals surface area contributed by atoms with Crippen molar-refractivity contribution in [3.8, 4) is 0 Å². The summed E-state index contributed by atoms with van der Waals surface area (Å²) in [5.41, 5.74) is 2.85. The number of halogens is 1. The van der Waals surface area contributed by atoms with Gasteiger partial charge < -0.3 is 26.6 Å². The first-order chi connectivity index (χ1) is 23.7. The summed E-state index contributed by atoms with van der Waals surface area (Å²) in [6.45, 7) is -0.481. The Bertz CT molecular complexity index is 1740. The Morgan fingerprint density at radius 3 is 1.14 bits per heavy atom. The number of benzene rings is 4. The molecule has 5 rings (SSSR count). The average Bonchev–Trinajstić information content (AvgIpc) is 3.11. The molecule has 1 saturated heterocycles. The Morgan fingerprint density at radius 2 is 0.755 bits per heavy atom. The topological polar surface area (TPSA) is 146 Å². The Kier molecular flexibility index (Phi) is 11.8. The SMILES string of the molecule is O=C1CNC(=O)C(Cc2ccc(F)cc2)NC(=O)C(Cc2ccccc2)NC(=O)C(Cc2ccccc2)NC(=O)C(Cc2ccccc2)N1. The molecule has 0 bridgehead atoms. The molecule has 49 heavy (non-hydrogen) atoms. The molecule has 11 heteroatoms. The van der Waals surface area contributed by atoms with Gasteiger partial charge in [-0.3, -0.25) is 24.0 Å². The maximum Gasteiger partial charge on any atom is 0.243 e. The highest BCUT2D eigenvalue weighted by Crippen LogP contribution is 2.11. The molecule has 252 valence electrons. The molecule has 10 nitrogen and oxygen atoms in total. The van der Waals surface area contributed by atoms with Crippen molar-refractivity contribution in [2.75, 3.05) is 6.54 Å². The molecule has 0 aromatic heterocycles. The highest BCUT2D eigenvalue weighted by atomic mass is 19.1. The van der Waals surface area contributed by atoms with E-state index in [1.807, 2.05) is 91.0 Å². The van der Waals surface area contributed by atoms with Crippen LogP contribution >= 0.6 is 0 Å². The normalized spacial score (nSPS) is 20.8. The van der Waals surface area contributed by atoms with Gasteiger partial charge in [0.25, 0.3) is 0 Å². The maximum absolute atomic E-state index is 14.0. The third kappa shape index (κ3) is 10.3. The van der Waals surface area contributed by atoms with Gasteiger partial charge in [-0.2, -0.15) is 0 Å². The molecule has 0 spiro atoms. The van der Waals surface area contributed by atoms with Gasteiger partial charge in [-0.15, -0.1) is 0 Å². The third-order valence-electron chi connectivity index (χ3n) is 8.17. The second-order valence-corrected chi connectivity index (χ2v) is 11.9. The monoisotopic (exact) mass is 663 g/mol. The number of hydrogen-bond acceptors (Lipinski definition) is 5. The van der Waals surface area contributed by atoms with Crippen LogP contribution in [0.2, 0.25) is 0 Å². The molecule has 1 heterocycles. The summed E-state index contributed by atoms with van der Waals surface area (Å²) in [5.74, 6) is -3.64. The van der Waals surface area contributed by atoms with Crippen LogP contribution in [-0.2, 0) is 49.7 Å². The highest BCUT2D eigenvalue weighted by Gasteiger charge is 2.33.